The Morgan fingerprint density at radius 3 is 2.70 bits per heavy atom. The van der Waals surface area contributed by atoms with E-state index < -0.39 is 6.04 Å². The van der Waals surface area contributed by atoms with E-state index in [1.165, 1.54) is 6.07 Å². The normalized spacial score (nSPS) is 12.0. The summed E-state index contributed by atoms with van der Waals surface area (Å²) >= 11 is 3.21. The zero-order chi connectivity index (χ0) is 14.5. The molecule has 0 bridgehead atoms. The van der Waals surface area contributed by atoms with E-state index in [1.54, 1.807) is 25.3 Å². The van der Waals surface area contributed by atoms with E-state index >= 15 is 0 Å². The molecule has 2 rings (SSSR count). The van der Waals surface area contributed by atoms with Crippen LogP contribution in [0.25, 0.3) is 0 Å². The molecule has 5 heteroatoms. The Kier molecular flexibility index (Phi) is 4.98. The Morgan fingerprint density at radius 1 is 1.30 bits per heavy atom. The molecule has 0 aliphatic rings. The molecule has 0 spiro atoms. The lowest BCUT2D eigenvalue weighted by Crippen LogP contribution is -2.16. The number of para-hydroxylation sites is 2. The first kappa shape index (κ1) is 14.8. The summed E-state index contributed by atoms with van der Waals surface area (Å²) in [6.45, 7) is -0.226. The number of aliphatic hydroxyl groups is 1. The van der Waals surface area contributed by atoms with Gasteiger partial charge < -0.3 is 15.2 Å². The molecule has 20 heavy (non-hydrogen) atoms. The molecule has 0 radical (unpaired) electrons. The molecule has 1 atom stereocenters. The van der Waals surface area contributed by atoms with Crippen LogP contribution in [-0.4, -0.2) is 18.8 Å². The van der Waals surface area contributed by atoms with Crippen LogP contribution in [0.15, 0.2) is 46.9 Å². The minimum Gasteiger partial charge on any atom is -0.495 e. The van der Waals surface area contributed by atoms with Gasteiger partial charge in [-0.3, -0.25) is 0 Å². The molecule has 2 aromatic rings. The van der Waals surface area contributed by atoms with Crippen molar-refractivity contribution >= 4 is 21.6 Å². The van der Waals surface area contributed by atoms with Gasteiger partial charge in [0.25, 0.3) is 0 Å². The average Bonchev–Trinajstić information content (AvgIpc) is 2.46. The van der Waals surface area contributed by atoms with Gasteiger partial charge in [-0.15, -0.1) is 0 Å². The van der Waals surface area contributed by atoms with Crippen LogP contribution in [0.5, 0.6) is 5.75 Å². The number of hydrogen-bond acceptors (Lipinski definition) is 3. The highest BCUT2D eigenvalue weighted by Crippen LogP contribution is 2.29. The van der Waals surface area contributed by atoms with Crippen LogP contribution in [0.2, 0.25) is 0 Å². The smallest absolute Gasteiger partial charge is 0.141 e. The molecule has 2 N–H and O–H groups in total. The first-order valence-electron chi connectivity index (χ1n) is 6.11. The molecule has 0 heterocycles. The monoisotopic (exact) mass is 339 g/mol. The first-order chi connectivity index (χ1) is 9.65. The van der Waals surface area contributed by atoms with Crippen molar-refractivity contribution in [3.63, 3.8) is 0 Å². The predicted octanol–water partition coefficient (Wildman–Crippen LogP) is 3.74. The maximum atomic E-state index is 14.0. The third-order valence-electron chi connectivity index (χ3n) is 2.96. The van der Waals surface area contributed by atoms with Gasteiger partial charge in [0.1, 0.15) is 11.6 Å². The number of aliphatic hydroxyl groups excluding tert-OH is 1. The second-order valence-electron chi connectivity index (χ2n) is 4.25. The zero-order valence-corrected chi connectivity index (χ0v) is 12.5. The SMILES string of the molecule is COc1ccccc1NC(CO)c1ccc(Br)cc1F. The maximum Gasteiger partial charge on any atom is 0.141 e. The molecule has 0 saturated heterocycles. The molecule has 0 aliphatic heterocycles. The minimum absolute atomic E-state index is 0.226. The molecule has 0 aromatic heterocycles. The molecule has 0 fully saturated rings. The number of nitrogens with one attached hydrogen (secondary N) is 1. The summed E-state index contributed by atoms with van der Waals surface area (Å²) in [5.74, 6) is 0.268. The van der Waals surface area contributed by atoms with Crippen LogP contribution < -0.4 is 10.1 Å². The van der Waals surface area contributed by atoms with Crippen molar-refractivity contribution in [1.82, 2.24) is 0 Å². The van der Waals surface area contributed by atoms with Gasteiger partial charge in [-0.2, -0.15) is 0 Å². The summed E-state index contributed by atoms with van der Waals surface area (Å²) < 4.78 is 19.9. The molecule has 0 saturated carbocycles. The van der Waals surface area contributed by atoms with Crippen molar-refractivity contribution in [2.45, 2.75) is 6.04 Å². The summed E-state index contributed by atoms with van der Waals surface area (Å²) in [5, 5.41) is 12.6. The van der Waals surface area contributed by atoms with Gasteiger partial charge in [0.05, 0.1) is 25.4 Å². The van der Waals surface area contributed by atoms with E-state index in [9.17, 15) is 9.50 Å². The highest BCUT2D eigenvalue weighted by Gasteiger charge is 2.16. The lowest BCUT2D eigenvalue weighted by atomic mass is 10.1. The van der Waals surface area contributed by atoms with Crippen LogP contribution in [0.4, 0.5) is 10.1 Å². The van der Waals surface area contributed by atoms with Crippen LogP contribution >= 0.6 is 15.9 Å². The first-order valence-corrected chi connectivity index (χ1v) is 6.90. The van der Waals surface area contributed by atoms with Crippen molar-refractivity contribution in [3.8, 4) is 5.75 Å². The average molecular weight is 340 g/mol. The molecule has 1 unspecified atom stereocenters. The zero-order valence-electron chi connectivity index (χ0n) is 10.9. The quantitative estimate of drug-likeness (QED) is 0.871. The lowest BCUT2D eigenvalue weighted by molar-refractivity contribution is 0.273. The summed E-state index contributed by atoms with van der Waals surface area (Å²) in [6, 6.07) is 11.5. The van der Waals surface area contributed by atoms with Gasteiger partial charge in [0, 0.05) is 10.0 Å². The van der Waals surface area contributed by atoms with E-state index in [1.807, 2.05) is 18.2 Å². The standard InChI is InChI=1S/C15H15BrFNO2/c1-20-15-5-3-2-4-13(15)18-14(9-19)11-7-6-10(16)8-12(11)17/h2-8,14,18-19H,9H2,1H3. The van der Waals surface area contributed by atoms with Gasteiger partial charge in [0.15, 0.2) is 0 Å². The van der Waals surface area contributed by atoms with Gasteiger partial charge in [0.2, 0.25) is 0 Å². The van der Waals surface area contributed by atoms with Gasteiger partial charge in [-0.1, -0.05) is 34.1 Å². The molecule has 2 aromatic carbocycles. The number of benzene rings is 2. The second-order valence-corrected chi connectivity index (χ2v) is 5.16. The number of hydrogen-bond donors (Lipinski definition) is 2. The van der Waals surface area contributed by atoms with Crippen molar-refractivity contribution in [2.75, 3.05) is 19.0 Å². The van der Waals surface area contributed by atoms with E-state index in [0.717, 1.165) is 0 Å². The lowest BCUT2D eigenvalue weighted by Gasteiger charge is -2.20. The molecule has 0 amide bonds. The number of anilines is 1. The summed E-state index contributed by atoms with van der Waals surface area (Å²) in [5.41, 5.74) is 1.11. The van der Waals surface area contributed by atoms with Crippen LogP contribution in [0.3, 0.4) is 0 Å². The number of halogens is 2. The Bertz CT molecular complexity index is 592. The third kappa shape index (κ3) is 3.29. The Morgan fingerprint density at radius 2 is 2.05 bits per heavy atom. The number of ether oxygens (including phenoxy) is 1. The van der Waals surface area contributed by atoms with Crippen LogP contribution in [0, 0.1) is 5.82 Å². The number of rotatable bonds is 5. The topological polar surface area (TPSA) is 41.5 Å². The Balaban J connectivity index is 2.29. The Labute approximate surface area is 125 Å². The third-order valence-corrected chi connectivity index (χ3v) is 3.45. The fourth-order valence-electron chi connectivity index (χ4n) is 1.96. The van der Waals surface area contributed by atoms with Crippen molar-refractivity contribution in [3.05, 3.63) is 58.3 Å². The van der Waals surface area contributed by atoms with Gasteiger partial charge >= 0.3 is 0 Å². The molecule has 0 aliphatic carbocycles. The maximum absolute atomic E-state index is 14.0. The molecule has 106 valence electrons. The largest absolute Gasteiger partial charge is 0.495 e. The van der Waals surface area contributed by atoms with Crippen LogP contribution in [-0.2, 0) is 0 Å². The summed E-state index contributed by atoms with van der Waals surface area (Å²) in [6.07, 6.45) is 0. The minimum atomic E-state index is -0.542. The van der Waals surface area contributed by atoms with Crippen LogP contribution in [0.1, 0.15) is 11.6 Å². The predicted molar refractivity (Wildman–Crippen MR) is 80.5 cm³/mol. The molecule has 3 nitrogen and oxygen atoms in total. The van der Waals surface area contributed by atoms with E-state index in [4.69, 9.17) is 4.74 Å². The highest BCUT2D eigenvalue weighted by atomic mass is 79.9. The summed E-state index contributed by atoms with van der Waals surface area (Å²) in [4.78, 5) is 0. The molecular weight excluding hydrogens is 325 g/mol. The van der Waals surface area contributed by atoms with Gasteiger partial charge in [-0.25, -0.2) is 4.39 Å². The fraction of sp³-hybridized carbons (Fsp3) is 0.200. The highest BCUT2D eigenvalue weighted by molar-refractivity contribution is 9.10. The van der Waals surface area contributed by atoms with Crippen molar-refractivity contribution in [2.24, 2.45) is 0 Å². The van der Waals surface area contributed by atoms with Crippen molar-refractivity contribution < 1.29 is 14.2 Å². The Hall–Kier alpha value is -1.59. The van der Waals surface area contributed by atoms with E-state index in [2.05, 4.69) is 21.2 Å². The van der Waals surface area contributed by atoms with E-state index in [0.29, 0.717) is 21.5 Å². The van der Waals surface area contributed by atoms with Crippen molar-refractivity contribution in [1.29, 1.82) is 0 Å². The molecular formula is C15H15BrFNO2. The fourth-order valence-corrected chi connectivity index (χ4v) is 2.29. The summed E-state index contributed by atoms with van der Waals surface area (Å²) in [7, 11) is 1.56. The number of methoxy groups -OCH3 is 1. The van der Waals surface area contributed by atoms with Gasteiger partial charge in [-0.05, 0) is 24.3 Å². The second kappa shape index (κ2) is 6.72. The van der Waals surface area contributed by atoms with E-state index in [-0.39, 0.29) is 12.4 Å².